The van der Waals surface area contributed by atoms with Crippen LogP contribution in [0.4, 0.5) is 15.9 Å². The number of halogens is 1. The molecule has 12 heteroatoms. The van der Waals surface area contributed by atoms with Crippen LogP contribution < -0.4 is 25.3 Å². The van der Waals surface area contributed by atoms with Crippen molar-refractivity contribution in [2.24, 2.45) is 0 Å². The second-order valence-corrected chi connectivity index (χ2v) is 7.83. The van der Waals surface area contributed by atoms with Gasteiger partial charge >= 0.3 is 0 Å². The maximum Gasteiger partial charge on any atom is 0.280 e. The second-order valence-electron chi connectivity index (χ2n) is 7.83. The van der Waals surface area contributed by atoms with Crippen LogP contribution in [0.3, 0.4) is 0 Å². The first-order chi connectivity index (χ1) is 17.2. The van der Waals surface area contributed by atoms with Gasteiger partial charge in [0.25, 0.3) is 5.91 Å². The van der Waals surface area contributed by atoms with Gasteiger partial charge in [0.1, 0.15) is 17.3 Å². The molecule has 11 nitrogen and oxygen atoms in total. The molecule has 0 aliphatic rings. The molecule has 2 aromatic carbocycles. The minimum absolute atomic E-state index is 0.0262. The number of carbonyl (C=O) groups excluding carboxylic acids is 1. The number of anilines is 2. The van der Waals surface area contributed by atoms with Crippen molar-refractivity contribution >= 4 is 17.4 Å². The number of hydrogen-bond acceptors (Lipinski definition) is 9. The van der Waals surface area contributed by atoms with Crippen LogP contribution in [0.1, 0.15) is 27.5 Å². The number of nitrogens with one attached hydrogen (secondary N) is 1. The quantitative estimate of drug-likeness (QED) is 0.374. The molecule has 4 aromatic rings. The van der Waals surface area contributed by atoms with E-state index in [4.69, 9.17) is 24.4 Å². The normalized spacial score (nSPS) is 10.8. The van der Waals surface area contributed by atoms with Crippen LogP contribution in [0.15, 0.2) is 34.7 Å². The Bertz CT molecular complexity index is 1410. The summed E-state index contributed by atoms with van der Waals surface area (Å²) in [6, 6.07) is 7.53. The fraction of sp³-hybridized carbons (Fsp3) is 0.250. The molecule has 0 saturated carbocycles. The van der Waals surface area contributed by atoms with Gasteiger partial charge in [0.2, 0.25) is 11.6 Å². The minimum atomic E-state index is -0.609. The summed E-state index contributed by atoms with van der Waals surface area (Å²) in [6.45, 7) is 3.59. The Hall–Kier alpha value is -4.61. The fourth-order valence-electron chi connectivity index (χ4n) is 3.55. The molecule has 0 atom stereocenters. The van der Waals surface area contributed by atoms with Crippen molar-refractivity contribution in [2.75, 3.05) is 32.4 Å². The van der Waals surface area contributed by atoms with Gasteiger partial charge < -0.3 is 29.7 Å². The lowest BCUT2D eigenvalue weighted by atomic mass is 10.2. The molecule has 0 aliphatic carbocycles. The van der Waals surface area contributed by atoms with Gasteiger partial charge in [0, 0.05) is 11.3 Å². The minimum Gasteiger partial charge on any atom is -0.493 e. The lowest BCUT2D eigenvalue weighted by molar-refractivity contribution is 0.102. The number of ether oxygens (including phenoxy) is 3. The zero-order chi connectivity index (χ0) is 26.0. The Labute approximate surface area is 206 Å². The molecule has 1 amide bonds. The number of amides is 1. The van der Waals surface area contributed by atoms with E-state index in [1.807, 2.05) is 0 Å². The van der Waals surface area contributed by atoms with Crippen LogP contribution in [0.5, 0.6) is 17.2 Å². The third-order valence-electron chi connectivity index (χ3n) is 5.54. The number of nitrogens with zero attached hydrogens (tertiary/aromatic N) is 4. The molecular formula is C24H25FN6O5. The summed E-state index contributed by atoms with van der Waals surface area (Å²) in [4.78, 5) is 17.3. The highest BCUT2D eigenvalue weighted by atomic mass is 19.1. The zero-order valence-corrected chi connectivity index (χ0v) is 20.4. The number of carbonyl (C=O) groups is 1. The Morgan fingerprint density at radius 1 is 1.11 bits per heavy atom. The van der Waals surface area contributed by atoms with E-state index in [1.165, 1.54) is 38.1 Å². The molecule has 0 saturated heterocycles. The highest BCUT2D eigenvalue weighted by Crippen LogP contribution is 2.41. The van der Waals surface area contributed by atoms with E-state index < -0.39 is 11.7 Å². The van der Waals surface area contributed by atoms with E-state index in [2.05, 4.69) is 20.6 Å². The van der Waals surface area contributed by atoms with Crippen LogP contribution in [-0.4, -0.2) is 47.2 Å². The van der Waals surface area contributed by atoms with Crippen LogP contribution in [0.2, 0.25) is 0 Å². The summed E-state index contributed by atoms with van der Waals surface area (Å²) in [5, 5.41) is 10.5. The van der Waals surface area contributed by atoms with Gasteiger partial charge in [-0.25, -0.2) is 14.1 Å². The molecule has 0 spiro atoms. The number of nitrogen functional groups attached to an aromatic ring is 1. The van der Waals surface area contributed by atoms with Crippen molar-refractivity contribution in [3.8, 4) is 28.7 Å². The number of nitrogens with two attached hydrogens (primary N) is 1. The number of aromatic nitrogens is 4. The molecule has 0 unspecified atom stereocenters. The average Bonchev–Trinajstić information content (AvgIpc) is 3.42. The predicted octanol–water partition coefficient (Wildman–Crippen LogP) is 3.60. The van der Waals surface area contributed by atoms with Crippen LogP contribution >= 0.6 is 0 Å². The predicted molar refractivity (Wildman–Crippen MR) is 129 cm³/mol. The van der Waals surface area contributed by atoms with Gasteiger partial charge in [-0.2, -0.15) is 0 Å². The maximum atomic E-state index is 13.6. The molecule has 2 heterocycles. The van der Waals surface area contributed by atoms with E-state index in [1.54, 1.807) is 32.0 Å². The summed E-state index contributed by atoms with van der Waals surface area (Å²) in [7, 11) is 4.55. The van der Waals surface area contributed by atoms with Crippen molar-refractivity contribution in [3.05, 3.63) is 58.9 Å². The maximum absolute atomic E-state index is 13.6. The average molecular weight is 496 g/mol. The Morgan fingerprint density at radius 3 is 2.44 bits per heavy atom. The van der Waals surface area contributed by atoms with Crippen molar-refractivity contribution < 1.29 is 27.8 Å². The second kappa shape index (κ2) is 9.94. The standard InChI is InChI=1S/C24H25FN6O5/c1-12-6-7-15(25)10-16(12)27-23(32)20-22(26)31(30-29-20)11-17-13(2)36-24(28-17)14-8-18(33-3)21(35-5)19(9-14)34-4/h6-10H,11,26H2,1-5H3,(H,27,32). The van der Waals surface area contributed by atoms with Crippen LogP contribution in [-0.2, 0) is 6.54 Å². The van der Waals surface area contributed by atoms with Gasteiger partial charge in [-0.3, -0.25) is 4.79 Å². The van der Waals surface area contributed by atoms with E-state index >= 15 is 0 Å². The Morgan fingerprint density at radius 2 is 1.81 bits per heavy atom. The number of oxazole rings is 1. The fourth-order valence-corrected chi connectivity index (χ4v) is 3.55. The SMILES string of the molecule is COc1cc(-c2nc(Cn3nnc(C(=O)Nc4cc(F)ccc4C)c3N)c(C)o2)cc(OC)c1OC. The third-order valence-corrected chi connectivity index (χ3v) is 5.54. The molecule has 4 rings (SSSR count). The summed E-state index contributed by atoms with van der Waals surface area (Å²) in [5.41, 5.74) is 8.20. The molecular weight excluding hydrogens is 471 g/mol. The third kappa shape index (κ3) is 4.65. The molecule has 0 bridgehead atoms. The molecule has 0 fully saturated rings. The Balaban J connectivity index is 1.58. The molecule has 0 aliphatic heterocycles. The van der Waals surface area contributed by atoms with Gasteiger partial charge in [0.15, 0.2) is 23.0 Å². The monoisotopic (exact) mass is 496 g/mol. The zero-order valence-electron chi connectivity index (χ0n) is 20.4. The van der Waals surface area contributed by atoms with Gasteiger partial charge in [-0.15, -0.1) is 5.10 Å². The van der Waals surface area contributed by atoms with Crippen LogP contribution in [0.25, 0.3) is 11.5 Å². The summed E-state index contributed by atoms with van der Waals surface area (Å²) in [5.74, 6) is 1.14. The van der Waals surface area contributed by atoms with E-state index in [9.17, 15) is 9.18 Å². The van der Waals surface area contributed by atoms with Crippen LogP contribution in [0, 0.1) is 19.7 Å². The lowest BCUT2D eigenvalue weighted by Gasteiger charge is -2.12. The first kappa shape index (κ1) is 24.5. The van der Waals surface area contributed by atoms with E-state index in [0.29, 0.717) is 51.4 Å². The molecule has 0 radical (unpaired) electrons. The number of benzene rings is 2. The van der Waals surface area contributed by atoms with Crippen molar-refractivity contribution in [1.82, 2.24) is 20.0 Å². The van der Waals surface area contributed by atoms with Crippen molar-refractivity contribution in [1.29, 1.82) is 0 Å². The highest BCUT2D eigenvalue weighted by molar-refractivity contribution is 6.06. The van der Waals surface area contributed by atoms with Crippen molar-refractivity contribution in [2.45, 2.75) is 20.4 Å². The van der Waals surface area contributed by atoms with Gasteiger partial charge in [-0.1, -0.05) is 11.3 Å². The summed E-state index contributed by atoms with van der Waals surface area (Å²) < 4.78 is 36.9. The molecule has 3 N–H and O–H groups in total. The summed E-state index contributed by atoms with van der Waals surface area (Å²) >= 11 is 0. The first-order valence-electron chi connectivity index (χ1n) is 10.8. The molecule has 36 heavy (non-hydrogen) atoms. The number of rotatable bonds is 8. The largest absolute Gasteiger partial charge is 0.493 e. The van der Waals surface area contributed by atoms with Crippen molar-refractivity contribution in [3.63, 3.8) is 0 Å². The topological polar surface area (TPSA) is 140 Å². The first-order valence-corrected chi connectivity index (χ1v) is 10.8. The smallest absolute Gasteiger partial charge is 0.280 e. The van der Waals surface area contributed by atoms with E-state index in [-0.39, 0.29) is 18.1 Å². The number of hydrogen-bond donors (Lipinski definition) is 2. The molecule has 2 aromatic heterocycles. The number of aryl methyl sites for hydroxylation is 2. The lowest BCUT2D eigenvalue weighted by Crippen LogP contribution is -2.16. The highest BCUT2D eigenvalue weighted by Gasteiger charge is 2.22. The van der Waals surface area contributed by atoms with Gasteiger partial charge in [0.05, 0.1) is 27.9 Å². The summed E-state index contributed by atoms with van der Waals surface area (Å²) in [6.07, 6.45) is 0. The van der Waals surface area contributed by atoms with E-state index in [0.717, 1.165) is 0 Å². The molecule has 188 valence electrons. The number of methoxy groups -OCH3 is 3. The Kier molecular flexibility index (Phi) is 6.77. The van der Waals surface area contributed by atoms with Gasteiger partial charge in [-0.05, 0) is 43.7 Å².